The Morgan fingerprint density at radius 2 is 2.21 bits per heavy atom. The minimum absolute atomic E-state index is 0.0395. The highest BCUT2D eigenvalue weighted by Gasteiger charge is 2.52. The van der Waals surface area contributed by atoms with Crippen LogP contribution in [-0.4, -0.2) is 87.7 Å². The summed E-state index contributed by atoms with van der Waals surface area (Å²) in [4.78, 5) is 21.2. The number of nitrogens with one attached hydrogen (secondary N) is 2. The summed E-state index contributed by atoms with van der Waals surface area (Å²) in [5.74, 6) is -0.917. The second-order valence-electron chi connectivity index (χ2n) is 5.32. The van der Waals surface area contributed by atoms with Gasteiger partial charge in [-0.2, -0.15) is 4.99 Å². The van der Waals surface area contributed by atoms with E-state index in [1.165, 1.54) is 11.0 Å². The molecule has 0 radical (unpaired) electrons. The molecule has 11 heteroatoms. The van der Waals surface area contributed by atoms with E-state index in [9.17, 15) is 20.1 Å². The highest BCUT2D eigenvalue weighted by Crippen LogP contribution is 2.29. The molecule has 1 amide bonds. The Labute approximate surface area is 136 Å². The number of aliphatic hydroxyl groups is 3. The number of guanidine groups is 1. The molecule has 3 heterocycles. The van der Waals surface area contributed by atoms with Gasteiger partial charge in [0.05, 0.1) is 6.61 Å². The second kappa shape index (κ2) is 6.28. The van der Waals surface area contributed by atoms with Crippen molar-refractivity contribution in [3.8, 4) is 0 Å². The fourth-order valence-electron chi connectivity index (χ4n) is 2.65. The van der Waals surface area contributed by atoms with E-state index in [4.69, 9.17) is 14.9 Å². The molecule has 3 aliphatic heterocycles. The van der Waals surface area contributed by atoms with E-state index < -0.39 is 43.1 Å². The van der Waals surface area contributed by atoms with E-state index >= 15 is 0 Å². The average Bonchev–Trinajstić information content (AvgIpc) is 3.04. The van der Waals surface area contributed by atoms with Crippen LogP contribution in [0.4, 0.5) is 0 Å². The maximum absolute atomic E-state index is 12.0. The zero-order valence-electron chi connectivity index (χ0n) is 12.5. The number of fused-ring (bicyclic) bond motifs is 1. The molecule has 5 atom stereocenters. The number of amides is 1. The van der Waals surface area contributed by atoms with Crippen LogP contribution >= 0.6 is 0 Å². The number of carbonyl (C=O) groups excluding carboxylic acids is 1. The number of hydrogen-bond donors (Lipinski definition) is 5. The zero-order valence-corrected chi connectivity index (χ0v) is 12.5. The first-order valence-electron chi connectivity index (χ1n) is 7.19. The van der Waals surface area contributed by atoms with Crippen molar-refractivity contribution < 1.29 is 29.6 Å². The summed E-state index contributed by atoms with van der Waals surface area (Å²) in [6, 6.07) is -1.11. The second-order valence-corrected chi connectivity index (χ2v) is 5.32. The molecule has 1 saturated heterocycles. The Morgan fingerprint density at radius 1 is 1.46 bits per heavy atom. The van der Waals surface area contributed by atoms with E-state index in [2.05, 4.69) is 21.9 Å². The number of aliphatic hydroxyl groups excluding tert-OH is 3. The SMILES string of the molecule is C=CCOC1=NC2C(=O)NC(=N)N=C2N1[C@@H]1O[C@H](CO)[C@@H](O)[C@H]1O. The topological polar surface area (TPSA) is 160 Å². The fourth-order valence-corrected chi connectivity index (χ4v) is 2.65. The lowest BCUT2D eigenvalue weighted by atomic mass is 10.1. The third kappa shape index (κ3) is 2.57. The van der Waals surface area contributed by atoms with Gasteiger partial charge < -0.3 is 24.8 Å². The highest BCUT2D eigenvalue weighted by atomic mass is 16.6. The van der Waals surface area contributed by atoms with Gasteiger partial charge in [-0.25, -0.2) is 4.99 Å². The van der Waals surface area contributed by atoms with Crippen LogP contribution in [0.25, 0.3) is 0 Å². The standard InChI is InChI=1S/C13H17N5O6/c1-2-3-23-13-15-6-9(16-12(14)17-10(6)22)18(13)11-8(21)7(20)5(4-19)24-11/h2,5-8,11,19-21H,1,3-4H2,(H2,14,17,22)/t5-,6?,7-,8-,11-/m1/s1. The lowest BCUT2D eigenvalue weighted by Gasteiger charge is -2.30. The summed E-state index contributed by atoms with van der Waals surface area (Å²) >= 11 is 0. The van der Waals surface area contributed by atoms with Gasteiger partial charge in [-0.05, 0) is 0 Å². The first kappa shape index (κ1) is 16.5. The molecule has 130 valence electrons. The summed E-state index contributed by atoms with van der Waals surface area (Å²) in [5.41, 5.74) is 0. The summed E-state index contributed by atoms with van der Waals surface area (Å²) in [7, 11) is 0. The van der Waals surface area contributed by atoms with Crippen LogP contribution in [0.3, 0.4) is 0 Å². The van der Waals surface area contributed by atoms with Crippen LogP contribution < -0.4 is 5.32 Å². The van der Waals surface area contributed by atoms with Gasteiger partial charge >= 0.3 is 0 Å². The molecule has 0 aromatic heterocycles. The number of hydrogen-bond acceptors (Lipinski definition) is 9. The van der Waals surface area contributed by atoms with Gasteiger partial charge in [0.1, 0.15) is 24.9 Å². The van der Waals surface area contributed by atoms with Crippen LogP contribution in [0.1, 0.15) is 0 Å². The average molecular weight is 339 g/mol. The lowest BCUT2D eigenvalue weighted by Crippen LogP contribution is -2.54. The third-order valence-corrected chi connectivity index (χ3v) is 3.76. The van der Waals surface area contributed by atoms with Gasteiger partial charge in [-0.3, -0.25) is 20.4 Å². The number of carbonyl (C=O) groups is 1. The van der Waals surface area contributed by atoms with Gasteiger partial charge in [-0.15, -0.1) is 0 Å². The highest BCUT2D eigenvalue weighted by molar-refractivity contribution is 6.24. The monoisotopic (exact) mass is 339 g/mol. The molecule has 0 spiro atoms. The summed E-state index contributed by atoms with van der Waals surface area (Å²) in [6.07, 6.45) is -3.47. The Kier molecular flexibility index (Phi) is 4.32. The van der Waals surface area contributed by atoms with Crippen molar-refractivity contribution >= 4 is 23.7 Å². The van der Waals surface area contributed by atoms with E-state index in [-0.39, 0.29) is 24.4 Å². The summed E-state index contributed by atoms with van der Waals surface area (Å²) < 4.78 is 10.9. The molecule has 0 bridgehead atoms. The Bertz CT molecular complexity index is 634. The van der Waals surface area contributed by atoms with Gasteiger partial charge in [0.2, 0.25) is 5.96 Å². The number of aliphatic imine (C=N–C) groups is 2. The molecule has 11 nitrogen and oxygen atoms in total. The molecule has 3 rings (SSSR count). The van der Waals surface area contributed by atoms with Crippen molar-refractivity contribution in [2.45, 2.75) is 30.6 Å². The Hall–Kier alpha value is -2.34. The number of rotatable bonds is 4. The third-order valence-electron chi connectivity index (χ3n) is 3.76. The van der Waals surface area contributed by atoms with E-state index in [1.54, 1.807) is 0 Å². The molecule has 3 aliphatic rings. The molecule has 0 aliphatic carbocycles. The molecular weight excluding hydrogens is 322 g/mol. The minimum atomic E-state index is -1.40. The van der Waals surface area contributed by atoms with Crippen LogP contribution in [-0.2, 0) is 14.3 Å². The Morgan fingerprint density at radius 3 is 2.83 bits per heavy atom. The van der Waals surface area contributed by atoms with Crippen molar-refractivity contribution in [1.29, 1.82) is 5.41 Å². The first-order valence-corrected chi connectivity index (χ1v) is 7.19. The molecule has 5 N–H and O–H groups in total. The van der Waals surface area contributed by atoms with Crippen molar-refractivity contribution in [3.05, 3.63) is 12.7 Å². The largest absolute Gasteiger partial charge is 0.461 e. The maximum Gasteiger partial charge on any atom is 0.296 e. The van der Waals surface area contributed by atoms with E-state index in [0.29, 0.717) is 0 Å². The van der Waals surface area contributed by atoms with Crippen LogP contribution in [0, 0.1) is 5.41 Å². The zero-order chi connectivity index (χ0) is 17.4. The van der Waals surface area contributed by atoms with Gasteiger partial charge in [0, 0.05) is 0 Å². The predicted molar refractivity (Wildman–Crippen MR) is 80.3 cm³/mol. The number of nitrogens with zero attached hydrogens (tertiary/aromatic N) is 3. The van der Waals surface area contributed by atoms with Crippen LogP contribution in [0.2, 0.25) is 0 Å². The molecule has 1 fully saturated rings. The lowest BCUT2D eigenvalue weighted by molar-refractivity contribution is -0.119. The van der Waals surface area contributed by atoms with Crippen LogP contribution in [0.5, 0.6) is 0 Å². The van der Waals surface area contributed by atoms with Gasteiger partial charge in [0.15, 0.2) is 18.1 Å². The molecular formula is C13H17N5O6. The smallest absolute Gasteiger partial charge is 0.296 e. The van der Waals surface area contributed by atoms with Gasteiger partial charge in [0.25, 0.3) is 11.9 Å². The minimum Gasteiger partial charge on any atom is -0.461 e. The normalized spacial score (nSPS) is 35.3. The van der Waals surface area contributed by atoms with Crippen molar-refractivity contribution in [3.63, 3.8) is 0 Å². The predicted octanol–water partition coefficient (Wildman–Crippen LogP) is -2.87. The number of amidine groups is 2. The van der Waals surface area contributed by atoms with Crippen molar-refractivity contribution in [2.24, 2.45) is 9.98 Å². The maximum atomic E-state index is 12.0. The van der Waals surface area contributed by atoms with E-state index in [1.807, 2.05) is 0 Å². The van der Waals surface area contributed by atoms with Crippen molar-refractivity contribution in [2.75, 3.05) is 13.2 Å². The molecule has 0 aromatic carbocycles. The summed E-state index contributed by atoms with van der Waals surface area (Å²) in [5, 5.41) is 39.2. The van der Waals surface area contributed by atoms with Crippen LogP contribution in [0.15, 0.2) is 22.6 Å². The van der Waals surface area contributed by atoms with Crippen molar-refractivity contribution in [1.82, 2.24) is 10.2 Å². The Balaban J connectivity index is 1.96. The molecule has 1 unspecified atom stereocenters. The number of ether oxygens (including phenoxy) is 2. The first-order chi connectivity index (χ1) is 11.5. The summed E-state index contributed by atoms with van der Waals surface area (Å²) in [6.45, 7) is 3.09. The molecule has 0 saturated carbocycles. The fraction of sp³-hybridized carbons (Fsp3) is 0.538. The molecule has 0 aromatic rings. The van der Waals surface area contributed by atoms with Gasteiger partial charge in [-0.1, -0.05) is 12.7 Å². The van der Waals surface area contributed by atoms with E-state index in [0.717, 1.165) is 0 Å². The quantitative estimate of drug-likeness (QED) is 0.344. The molecule has 24 heavy (non-hydrogen) atoms.